The normalized spacial score (nSPS) is 18.7. The fraction of sp³-hybridized carbons (Fsp3) is 0.625. The summed E-state index contributed by atoms with van der Waals surface area (Å²) in [6.45, 7) is 5.34. The van der Waals surface area contributed by atoms with Gasteiger partial charge in [-0.3, -0.25) is 0 Å². The molecule has 0 amide bonds. The molecular weight excluding hydrogens is 236 g/mol. The van der Waals surface area contributed by atoms with Crippen LogP contribution < -0.4 is 15.4 Å². The van der Waals surface area contributed by atoms with Gasteiger partial charge in [-0.2, -0.15) is 0 Å². The third-order valence-electron chi connectivity index (χ3n) is 3.90. The van der Waals surface area contributed by atoms with Crippen molar-refractivity contribution in [3.8, 4) is 5.75 Å². The van der Waals surface area contributed by atoms with Crippen LogP contribution in [0.3, 0.4) is 0 Å². The molecule has 1 fully saturated rings. The van der Waals surface area contributed by atoms with Crippen LogP contribution in [0.2, 0.25) is 0 Å². The van der Waals surface area contributed by atoms with Crippen molar-refractivity contribution >= 4 is 0 Å². The van der Waals surface area contributed by atoms with E-state index in [1.165, 1.54) is 36.9 Å². The van der Waals surface area contributed by atoms with Gasteiger partial charge in [0.1, 0.15) is 5.75 Å². The number of rotatable bonds is 7. The van der Waals surface area contributed by atoms with Crippen LogP contribution in [0.25, 0.3) is 0 Å². The van der Waals surface area contributed by atoms with E-state index in [0.29, 0.717) is 0 Å². The van der Waals surface area contributed by atoms with Gasteiger partial charge in [-0.15, -0.1) is 0 Å². The van der Waals surface area contributed by atoms with Crippen molar-refractivity contribution in [3.05, 3.63) is 29.3 Å². The molecule has 1 heterocycles. The maximum Gasteiger partial charge on any atom is 0.123 e. The van der Waals surface area contributed by atoms with Crippen LogP contribution >= 0.6 is 0 Å². The number of hydrogen-bond donors (Lipinski definition) is 2. The summed E-state index contributed by atoms with van der Waals surface area (Å²) < 4.78 is 5.42. The van der Waals surface area contributed by atoms with Crippen LogP contribution in [-0.2, 0) is 13.0 Å². The molecule has 0 saturated carbocycles. The Bertz CT molecular complexity index is 386. The second kappa shape index (κ2) is 7.51. The second-order valence-corrected chi connectivity index (χ2v) is 5.26. The zero-order valence-electron chi connectivity index (χ0n) is 12.2. The lowest BCUT2D eigenvalue weighted by Gasteiger charge is -2.13. The lowest BCUT2D eigenvalue weighted by Crippen LogP contribution is -2.27. The molecule has 0 aliphatic carbocycles. The number of ether oxygens (including phenoxy) is 1. The highest BCUT2D eigenvalue weighted by Crippen LogP contribution is 2.20. The lowest BCUT2D eigenvalue weighted by atomic mass is 10.1. The molecule has 19 heavy (non-hydrogen) atoms. The van der Waals surface area contributed by atoms with E-state index < -0.39 is 0 Å². The van der Waals surface area contributed by atoms with Crippen molar-refractivity contribution in [2.75, 3.05) is 20.2 Å². The first-order valence-electron chi connectivity index (χ1n) is 7.43. The molecule has 1 aliphatic rings. The summed E-state index contributed by atoms with van der Waals surface area (Å²) in [7, 11) is 1.74. The zero-order valence-corrected chi connectivity index (χ0v) is 12.2. The van der Waals surface area contributed by atoms with E-state index >= 15 is 0 Å². The maximum absolute atomic E-state index is 5.42. The molecule has 3 heteroatoms. The predicted octanol–water partition coefficient (Wildman–Crippen LogP) is 2.49. The Morgan fingerprint density at radius 2 is 2.32 bits per heavy atom. The standard InChI is InChI=1S/C16H26N2O/c1-3-13-6-7-16(19-2)14(11-13)12-17-10-8-15-5-4-9-18-15/h6-7,11,15,17-18H,3-5,8-10,12H2,1-2H3. The van der Waals surface area contributed by atoms with Gasteiger partial charge in [0.05, 0.1) is 7.11 Å². The summed E-state index contributed by atoms with van der Waals surface area (Å²) in [6.07, 6.45) is 4.95. The molecule has 1 aliphatic heterocycles. The van der Waals surface area contributed by atoms with Gasteiger partial charge in [0.25, 0.3) is 0 Å². The first-order valence-corrected chi connectivity index (χ1v) is 7.43. The summed E-state index contributed by atoms with van der Waals surface area (Å²) in [5.41, 5.74) is 2.64. The summed E-state index contributed by atoms with van der Waals surface area (Å²) in [5, 5.41) is 7.07. The quantitative estimate of drug-likeness (QED) is 0.741. The van der Waals surface area contributed by atoms with Crippen LogP contribution in [0.4, 0.5) is 0 Å². The summed E-state index contributed by atoms with van der Waals surface area (Å²) in [5.74, 6) is 0.990. The van der Waals surface area contributed by atoms with Gasteiger partial charge >= 0.3 is 0 Å². The van der Waals surface area contributed by atoms with E-state index in [4.69, 9.17) is 4.74 Å². The Kier molecular flexibility index (Phi) is 5.67. The molecule has 1 unspecified atom stereocenters. The predicted molar refractivity (Wildman–Crippen MR) is 79.7 cm³/mol. The van der Waals surface area contributed by atoms with Crippen LogP contribution in [0.5, 0.6) is 5.75 Å². The monoisotopic (exact) mass is 262 g/mol. The van der Waals surface area contributed by atoms with E-state index in [2.05, 4.69) is 35.8 Å². The topological polar surface area (TPSA) is 33.3 Å². The van der Waals surface area contributed by atoms with E-state index in [0.717, 1.165) is 31.3 Å². The third kappa shape index (κ3) is 4.22. The highest BCUT2D eigenvalue weighted by Gasteiger charge is 2.12. The Balaban J connectivity index is 1.80. The van der Waals surface area contributed by atoms with Gasteiger partial charge in [-0.1, -0.05) is 19.1 Å². The fourth-order valence-electron chi connectivity index (χ4n) is 2.69. The highest BCUT2D eigenvalue weighted by molar-refractivity contribution is 5.37. The molecule has 3 nitrogen and oxygen atoms in total. The fourth-order valence-corrected chi connectivity index (χ4v) is 2.69. The smallest absolute Gasteiger partial charge is 0.123 e. The van der Waals surface area contributed by atoms with Crippen molar-refractivity contribution in [2.45, 2.75) is 45.2 Å². The van der Waals surface area contributed by atoms with Gasteiger partial charge in [0, 0.05) is 18.2 Å². The van der Waals surface area contributed by atoms with Gasteiger partial charge in [-0.25, -0.2) is 0 Å². The van der Waals surface area contributed by atoms with Crippen molar-refractivity contribution in [3.63, 3.8) is 0 Å². The molecule has 2 N–H and O–H groups in total. The van der Waals surface area contributed by atoms with Crippen LogP contribution in [0, 0.1) is 0 Å². The molecule has 0 radical (unpaired) electrons. The Morgan fingerprint density at radius 3 is 3.00 bits per heavy atom. The minimum atomic E-state index is 0.719. The molecule has 0 spiro atoms. The number of aryl methyl sites for hydroxylation is 1. The Labute approximate surface area is 116 Å². The SMILES string of the molecule is CCc1ccc(OC)c(CNCCC2CCCN2)c1. The Hall–Kier alpha value is -1.06. The molecular formula is C16H26N2O. The molecule has 1 atom stereocenters. The van der Waals surface area contributed by atoms with Crippen molar-refractivity contribution in [1.82, 2.24) is 10.6 Å². The average molecular weight is 262 g/mol. The number of nitrogens with one attached hydrogen (secondary N) is 2. The molecule has 2 rings (SSSR count). The third-order valence-corrected chi connectivity index (χ3v) is 3.90. The maximum atomic E-state index is 5.42. The van der Waals surface area contributed by atoms with E-state index in [1.807, 2.05) is 0 Å². The molecule has 1 aromatic rings. The number of hydrogen-bond acceptors (Lipinski definition) is 3. The summed E-state index contributed by atoms with van der Waals surface area (Å²) >= 11 is 0. The van der Waals surface area contributed by atoms with Crippen molar-refractivity contribution < 1.29 is 4.74 Å². The molecule has 106 valence electrons. The second-order valence-electron chi connectivity index (χ2n) is 5.26. The number of benzene rings is 1. The minimum Gasteiger partial charge on any atom is -0.496 e. The van der Waals surface area contributed by atoms with Gasteiger partial charge < -0.3 is 15.4 Å². The van der Waals surface area contributed by atoms with Crippen LogP contribution in [0.15, 0.2) is 18.2 Å². The van der Waals surface area contributed by atoms with Crippen molar-refractivity contribution in [1.29, 1.82) is 0 Å². The number of methoxy groups -OCH3 is 1. The van der Waals surface area contributed by atoms with E-state index in [9.17, 15) is 0 Å². The highest BCUT2D eigenvalue weighted by atomic mass is 16.5. The minimum absolute atomic E-state index is 0.719. The lowest BCUT2D eigenvalue weighted by molar-refractivity contribution is 0.407. The molecule has 1 aromatic carbocycles. The van der Waals surface area contributed by atoms with E-state index in [1.54, 1.807) is 7.11 Å². The first kappa shape index (κ1) is 14.4. The summed E-state index contributed by atoms with van der Waals surface area (Å²) in [6, 6.07) is 7.19. The Morgan fingerprint density at radius 1 is 1.42 bits per heavy atom. The van der Waals surface area contributed by atoms with E-state index in [-0.39, 0.29) is 0 Å². The van der Waals surface area contributed by atoms with Crippen LogP contribution in [0.1, 0.15) is 37.3 Å². The zero-order chi connectivity index (χ0) is 13.5. The van der Waals surface area contributed by atoms with Crippen molar-refractivity contribution in [2.24, 2.45) is 0 Å². The first-order chi connectivity index (χ1) is 9.33. The average Bonchev–Trinajstić information content (AvgIpc) is 2.96. The largest absolute Gasteiger partial charge is 0.496 e. The van der Waals surface area contributed by atoms with Gasteiger partial charge in [-0.05, 0) is 50.4 Å². The molecule has 0 aromatic heterocycles. The molecule has 1 saturated heterocycles. The summed E-state index contributed by atoms with van der Waals surface area (Å²) in [4.78, 5) is 0. The van der Waals surface area contributed by atoms with Gasteiger partial charge in [0.2, 0.25) is 0 Å². The molecule has 0 bridgehead atoms. The van der Waals surface area contributed by atoms with Crippen LogP contribution in [-0.4, -0.2) is 26.2 Å². The van der Waals surface area contributed by atoms with Gasteiger partial charge in [0.15, 0.2) is 0 Å².